The monoisotopic (exact) mass is 449 g/mol. The lowest BCUT2D eigenvalue weighted by atomic mass is 9.79. The summed E-state index contributed by atoms with van der Waals surface area (Å²) >= 11 is 0. The number of halogens is 1. The molecule has 0 aromatic rings. The number of amides is 1. The Kier molecular flexibility index (Phi) is 6.75. The molecule has 0 bridgehead atoms. The van der Waals surface area contributed by atoms with Crippen molar-refractivity contribution in [2.75, 3.05) is 40.3 Å². The minimum Gasteiger partial charge on any atom is -0.355 e. The molecule has 0 aromatic carbocycles. The van der Waals surface area contributed by atoms with Crippen LogP contribution >= 0.6 is 24.0 Å². The van der Waals surface area contributed by atoms with Gasteiger partial charge in [-0.25, -0.2) is 0 Å². The van der Waals surface area contributed by atoms with Gasteiger partial charge in [0.15, 0.2) is 5.96 Å². The summed E-state index contributed by atoms with van der Waals surface area (Å²) in [5.74, 6) is 1.19. The van der Waals surface area contributed by atoms with Crippen LogP contribution in [0.2, 0.25) is 0 Å². The first-order valence-electron chi connectivity index (χ1n) is 8.97. The third-order valence-corrected chi connectivity index (χ3v) is 5.74. The summed E-state index contributed by atoms with van der Waals surface area (Å²) in [5, 5.41) is 6.56. The molecule has 2 N–H and O–H groups in total. The number of likely N-dealkylation sites (tertiary alicyclic amines) is 1. The predicted octanol–water partition coefficient (Wildman–Crippen LogP) is 1.26. The fourth-order valence-corrected chi connectivity index (χ4v) is 3.99. The Morgan fingerprint density at radius 2 is 2.29 bits per heavy atom. The Balaban J connectivity index is 0.00000208. The van der Waals surface area contributed by atoms with Gasteiger partial charge in [0, 0.05) is 57.1 Å². The topological polar surface area (TPSA) is 60.0 Å². The van der Waals surface area contributed by atoms with Crippen molar-refractivity contribution in [3.8, 4) is 0 Å². The number of carbonyl (C=O) groups excluding carboxylic acids is 1. The molecule has 2 saturated heterocycles. The number of likely N-dealkylation sites (N-methyl/N-ethyl adjacent to an activating group) is 1. The van der Waals surface area contributed by atoms with Crippen LogP contribution in [0, 0.1) is 5.41 Å². The van der Waals surface area contributed by atoms with Gasteiger partial charge in [0.1, 0.15) is 0 Å². The SMILES string of the molecule is CN=C(NCC(C)N(C)C1CC1)N1CCCC2(CNC(=O)C2)C1.I. The van der Waals surface area contributed by atoms with Crippen molar-refractivity contribution in [2.24, 2.45) is 10.4 Å². The Bertz CT molecular complexity index is 482. The van der Waals surface area contributed by atoms with E-state index in [4.69, 9.17) is 0 Å². The molecule has 3 fully saturated rings. The van der Waals surface area contributed by atoms with Crippen LogP contribution in [0.25, 0.3) is 0 Å². The third-order valence-electron chi connectivity index (χ3n) is 5.74. The number of hydrogen-bond acceptors (Lipinski definition) is 3. The van der Waals surface area contributed by atoms with Gasteiger partial charge in [-0.1, -0.05) is 0 Å². The van der Waals surface area contributed by atoms with E-state index < -0.39 is 0 Å². The number of rotatable bonds is 4. The van der Waals surface area contributed by atoms with Gasteiger partial charge in [-0.3, -0.25) is 14.7 Å². The molecule has 1 amide bonds. The van der Waals surface area contributed by atoms with Crippen LogP contribution in [0.5, 0.6) is 0 Å². The van der Waals surface area contributed by atoms with Gasteiger partial charge in [0.25, 0.3) is 0 Å². The summed E-state index contributed by atoms with van der Waals surface area (Å²) in [6.07, 6.45) is 5.62. The minimum atomic E-state index is 0. The predicted molar refractivity (Wildman–Crippen MR) is 108 cm³/mol. The van der Waals surface area contributed by atoms with Crippen LogP contribution in [-0.4, -0.2) is 74.0 Å². The molecule has 2 atom stereocenters. The highest BCUT2D eigenvalue weighted by Crippen LogP contribution is 2.36. The molecule has 3 aliphatic rings. The van der Waals surface area contributed by atoms with Crippen molar-refractivity contribution in [1.82, 2.24) is 20.4 Å². The van der Waals surface area contributed by atoms with Gasteiger partial charge in [0.2, 0.25) is 5.91 Å². The summed E-state index contributed by atoms with van der Waals surface area (Å²) in [7, 11) is 4.08. The lowest BCUT2D eigenvalue weighted by Crippen LogP contribution is -2.53. The van der Waals surface area contributed by atoms with E-state index in [0.29, 0.717) is 12.5 Å². The van der Waals surface area contributed by atoms with Gasteiger partial charge < -0.3 is 15.5 Å². The second-order valence-electron chi connectivity index (χ2n) is 7.65. The number of hydrogen-bond donors (Lipinski definition) is 2. The standard InChI is InChI=1S/C17H31N5O.HI/c1-13(21(3)14-5-6-14)10-19-16(18-2)22-8-4-7-17(12-22)9-15(23)20-11-17;/h13-14H,4-12H2,1-3H3,(H,18,19)(H,20,23);1H. The molecule has 6 nitrogen and oxygen atoms in total. The van der Waals surface area contributed by atoms with E-state index in [0.717, 1.165) is 51.0 Å². The second kappa shape index (κ2) is 8.21. The highest BCUT2D eigenvalue weighted by atomic mass is 127. The zero-order chi connectivity index (χ0) is 16.4. The molecular weight excluding hydrogens is 417 g/mol. The first kappa shape index (κ1) is 19.8. The zero-order valence-corrected chi connectivity index (χ0v) is 17.5. The average Bonchev–Trinajstić information content (AvgIpc) is 3.33. The molecular formula is C17H32IN5O. The van der Waals surface area contributed by atoms with E-state index >= 15 is 0 Å². The van der Waals surface area contributed by atoms with Gasteiger partial charge in [-0.2, -0.15) is 0 Å². The van der Waals surface area contributed by atoms with Crippen molar-refractivity contribution in [2.45, 2.75) is 51.1 Å². The summed E-state index contributed by atoms with van der Waals surface area (Å²) in [5.41, 5.74) is 0.114. The maximum Gasteiger partial charge on any atom is 0.220 e. The van der Waals surface area contributed by atoms with Crippen LogP contribution in [0.1, 0.15) is 39.0 Å². The molecule has 24 heavy (non-hydrogen) atoms. The van der Waals surface area contributed by atoms with E-state index in [1.54, 1.807) is 0 Å². The normalized spacial score (nSPS) is 28.8. The maximum absolute atomic E-state index is 11.6. The minimum absolute atomic E-state index is 0. The number of guanidine groups is 1. The summed E-state index contributed by atoms with van der Waals surface area (Å²) in [6, 6.07) is 1.29. The molecule has 0 aromatic heterocycles. The van der Waals surface area contributed by atoms with E-state index in [1.807, 2.05) is 7.05 Å². The van der Waals surface area contributed by atoms with E-state index in [1.165, 1.54) is 12.8 Å². The number of carbonyl (C=O) groups is 1. The Labute approximate surface area is 162 Å². The van der Waals surface area contributed by atoms with Crippen molar-refractivity contribution < 1.29 is 4.79 Å². The van der Waals surface area contributed by atoms with Crippen LogP contribution in [0.3, 0.4) is 0 Å². The van der Waals surface area contributed by atoms with Gasteiger partial charge >= 0.3 is 0 Å². The lowest BCUT2D eigenvalue weighted by Gasteiger charge is -2.41. The van der Waals surface area contributed by atoms with Crippen LogP contribution < -0.4 is 10.6 Å². The molecule has 2 aliphatic heterocycles. The van der Waals surface area contributed by atoms with Gasteiger partial charge in [-0.15, -0.1) is 24.0 Å². The van der Waals surface area contributed by atoms with E-state index in [-0.39, 0.29) is 35.3 Å². The number of nitrogens with one attached hydrogen (secondary N) is 2. The largest absolute Gasteiger partial charge is 0.355 e. The number of aliphatic imine (C=N–C) groups is 1. The third kappa shape index (κ3) is 4.53. The highest BCUT2D eigenvalue weighted by Gasteiger charge is 2.42. The second-order valence-corrected chi connectivity index (χ2v) is 7.65. The summed E-state index contributed by atoms with van der Waals surface area (Å²) in [4.78, 5) is 20.9. The molecule has 7 heteroatoms. The summed E-state index contributed by atoms with van der Waals surface area (Å²) < 4.78 is 0. The lowest BCUT2D eigenvalue weighted by molar-refractivity contribution is -0.119. The maximum atomic E-state index is 11.6. The fourth-order valence-electron chi connectivity index (χ4n) is 3.99. The molecule has 138 valence electrons. The molecule has 2 heterocycles. The molecule has 1 saturated carbocycles. The van der Waals surface area contributed by atoms with E-state index in [2.05, 4.69) is 39.4 Å². The van der Waals surface area contributed by atoms with Crippen LogP contribution in [0.15, 0.2) is 4.99 Å². The molecule has 1 aliphatic carbocycles. The van der Waals surface area contributed by atoms with Gasteiger partial charge in [-0.05, 0) is 39.7 Å². The van der Waals surface area contributed by atoms with Crippen molar-refractivity contribution in [1.29, 1.82) is 0 Å². The molecule has 0 radical (unpaired) electrons. The van der Waals surface area contributed by atoms with Crippen LogP contribution in [0.4, 0.5) is 0 Å². The van der Waals surface area contributed by atoms with Crippen molar-refractivity contribution in [3.05, 3.63) is 0 Å². The molecule has 1 spiro atoms. The average molecular weight is 449 g/mol. The Morgan fingerprint density at radius 3 is 2.88 bits per heavy atom. The fraction of sp³-hybridized carbons (Fsp3) is 0.882. The van der Waals surface area contributed by atoms with E-state index in [9.17, 15) is 4.79 Å². The Hall–Kier alpha value is -0.570. The first-order chi connectivity index (χ1) is 11.0. The smallest absolute Gasteiger partial charge is 0.220 e. The number of piperidine rings is 1. The zero-order valence-electron chi connectivity index (χ0n) is 15.2. The van der Waals surface area contributed by atoms with Crippen molar-refractivity contribution >= 4 is 35.8 Å². The first-order valence-corrected chi connectivity index (χ1v) is 8.97. The molecule has 2 unspecified atom stereocenters. The van der Waals surface area contributed by atoms with Crippen LogP contribution in [-0.2, 0) is 4.79 Å². The highest BCUT2D eigenvalue weighted by molar-refractivity contribution is 14.0. The Morgan fingerprint density at radius 1 is 1.54 bits per heavy atom. The molecule has 3 rings (SSSR count). The van der Waals surface area contributed by atoms with Gasteiger partial charge in [0.05, 0.1) is 0 Å². The van der Waals surface area contributed by atoms with Crippen molar-refractivity contribution in [3.63, 3.8) is 0 Å². The number of nitrogens with zero attached hydrogens (tertiary/aromatic N) is 3. The summed E-state index contributed by atoms with van der Waals surface area (Å²) in [6.45, 7) is 5.97. The quantitative estimate of drug-likeness (QED) is 0.386.